The van der Waals surface area contributed by atoms with Crippen LogP contribution in [0.15, 0.2) is 49.3 Å². The van der Waals surface area contributed by atoms with Crippen molar-refractivity contribution in [2.75, 3.05) is 31.2 Å². The average molecular weight is 400 g/mol. The monoisotopic (exact) mass is 400 g/mol. The molecular formula is C23H24N6O. The fraction of sp³-hybridized carbons (Fsp3) is 0.261. The Labute approximate surface area is 175 Å². The van der Waals surface area contributed by atoms with Crippen LogP contribution in [0.3, 0.4) is 0 Å². The molecule has 0 spiro atoms. The summed E-state index contributed by atoms with van der Waals surface area (Å²) in [6.07, 6.45) is 6.23. The van der Waals surface area contributed by atoms with Crippen molar-refractivity contribution in [1.82, 2.24) is 24.6 Å². The minimum absolute atomic E-state index is 0.709. The molecule has 30 heavy (non-hydrogen) atoms. The topological polar surface area (TPSA) is 71.3 Å². The van der Waals surface area contributed by atoms with E-state index in [0.717, 1.165) is 59.3 Å². The van der Waals surface area contributed by atoms with Gasteiger partial charge in [-0.15, -0.1) is 0 Å². The summed E-state index contributed by atoms with van der Waals surface area (Å²) in [6, 6.07) is 10.4. The fourth-order valence-corrected chi connectivity index (χ4v) is 3.97. The van der Waals surface area contributed by atoms with Crippen LogP contribution in [0, 0.1) is 6.92 Å². The number of morpholine rings is 1. The number of hydrogen-bond acceptors (Lipinski definition) is 5. The molecule has 0 bridgehead atoms. The molecule has 0 radical (unpaired) electrons. The van der Waals surface area contributed by atoms with Gasteiger partial charge in [-0.1, -0.05) is 36.9 Å². The van der Waals surface area contributed by atoms with E-state index in [1.807, 2.05) is 29.8 Å². The highest BCUT2D eigenvalue weighted by Crippen LogP contribution is 2.28. The van der Waals surface area contributed by atoms with E-state index in [-0.39, 0.29) is 0 Å². The van der Waals surface area contributed by atoms with Crippen molar-refractivity contribution in [3.05, 3.63) is 71.7 Å². The Bertz CT molecular complexity index is 1190. The second-order valence-corrected chi connectivity index (χ2v) is 7.42. The highest BCUT2D eigenvalue weighted by Gasteiger charge is 2.21. The minimum Gasteiger partial charge on any atom is -0.378 e. The van der Waals surface area contributed by atoms with Crippen LogP contribution in [-0.4, -0.2) is 50.9 Å². The number of benzene rings is 1. The molecule has 0 unspecified atom stereocenters. The number of aryl methyl sites for hydroxylation is 1. The number of aromatic amines is 1. The van der Waals surface area contributed by atoms with E-state index in [2.05, 4.69) is 45.7 Å². The predicted molar refractivity (Wildman–Crippen MR) is 118 cm³/mol. The summed E-state index contributed by atoms with van der Waals surface area (Å²) < 4.78 is 7.44. The number of aromatic nitrogens is 5. The van der Waals surface area contributed by atoms with Crippen molar-refractivity contribution >= 4 is 17.5 Å². The lowest BCUT2D eigenvalue weighted by Crippen LogP contribution is -2.36. The van der Waals surface area contributed by atoms with Gasteiger partial charge in [0.15, 0.2) is 11.5 Å². The van der Waals surface area contributed by atoms with Gasteiger partial charge in [0.25, 0.3) is 0 Å². The summed E-state index contributed by atoms with van der Waals surface area (Å²) in [5.41, 5.74) is 6.19. The summed E-state index contributed by atoms with van der Waals surface area (Å²) >= 11 is 0. The summed E-state index contributed by atoms with van der Waals surface area (Å²) in [7, 11) is 0. The zero-order valence-electron chi connectivity index (χ0n) is 17.0. The number of ether oxygens (including phenoxy) is 1. The molecule has 5 rings (SSSR count). The average Bonchev–Trinajstić information content (AvgIpc) is 3.43. The molecule has 0 amide bonds. The van der Waals surface area contributed by atoms with Gasteiger partial charge in [0.05, 0.1) is 18.9 Å². The third-order valence-electron chi connectivity index (χ3n) is 5.59. The number of H-pyrrole nitrogens is 1. The van der Waals surface area contributed by atoms with Gasteiger partial charge in [0, 0.05) is 43.5 Å². The maximum Gasteiger partial charge on any atom is 0.161 e. The van der Waals surface area contributed by atoms with Gasteiger partial charge in [0.2, 0.25) is 0 Å². The molecule has 0 saturated carbocycles. The molecule has 0 atom stereocenters. The maximum atomic E-state index is 5.53. The van der Waals surface area contributed by atoms with Crippen molar-refractivity contribution in [2.24, 2.45) is 0 Å². The number of anilines is 1. The number of hydrogen-bond donors (Lipinski definition) is 1. The first-order chi connectivity index (χ1) is 14.7. The van der Waals surface area contributed by atoms with Gasteiger partial charge in [-0.3, -0.25) is 0 Å². The van der Waals surface area contributed by atoms with Crippen LogP contribution in [0.5, 0.6) is 0 Å². The van der Waals surface area contributed by atoms with Crippen molar-refractivity contribution in [3.63, 3.8) is 0 Å². The van der Waals surface area contributed by atoms with Crippen molar-refractivity contribution < 1.29 is 4.74 Å². The molecule has 1 fully saturated rings. The standard InChI is InChI=1S/C23H24N6O/c1-3-17-6-4-5-7-18(17)14-19-16(2)27-29-20(22-24-8-9-25-22)15-21(26-23(19)29)28-10-12-30-13-11-28/h3-9,15H,1,10-14H2,2H3,(H,24,25). The molecule has 1 saturated heterocycles. The highest BCUT2D eigenvalue weighted by atomic mass is 16.5. The summed E-state index contributed by atoms with van der Waals surface area (Å²) in [5.74, 6) is 1.70. The number of nitrogens with one attached hydrogen (secondary N) is 1. The molecule has 152 valence electrons. The molecular weight excluding hydrogens is 376 g/mol. The van der Waals surface area contributed by atoms with Gasteiger partial charge in [0.1, 0.15) is 11.5 Å². The van der Waals surface area contributed by atoms with Gasteiger partial charge in [-0.25, -0.2) is 14.5 Å². The van der Waals surface area contributed by atoms with Gasteiger partial charge >= 0.3 is 0 Å². The summed E-state index contributed by atoms with van der Waals surface area (Å²) in [4.78, 5) is 15.0. The van der Waals surface area contributed by atoms with E-state index in [1.165, 1.54) is 5.56 Å². The lowest BCUT2D eigenvalue weighted by molar-refractivity contribution is 0.122. The van der Waals surface area contributed by atoms with Gasteiger partial charge in [-0.05, 0) is 18.1 Å². The Morgan fingerprint density at radius 2 is 2.07 bits per heavy atom. The van der Waals surface area contributed by atoms with Crippen LogP contribution in [-0.2, 0) is 11.2 Å². The van der Waals surface area contributed by atoms with Crippen LogP contribution < -0.4 is 4.90 Å². The van der Waals surface area contributed by atoms with Crippen LogP contribution in [0.2, 0.25) is 0 Å². The number of imidazole rings is 1. The lowest BCUT2D eigenvalue weighted by atomic mass is 10.00. The molecule has 1 aromatic carbocycles. The van der Waals surface area contributed by atoms with E-state index >= 15 is 0 Å². The molecule has 7 heteroatoms. The number of fused-ring (bicyclic) bond motifs is 1. The Morgan fingerprint density at radius 3 is 2.83 bits per heavy atom. The first-order valence-electron chi connectivity index (χ1n) is 10.2. The third kappa shape index (κ3) is 3.27. The molecule has 0 aliphatic carbocycles. The Morgan fingerprint density at radius 1 is 1.23 bits per heavy atom. The zero-order chi connectivity index (χ0) is 20.5. The minimum atomic E-state index is 0.709. The lowest BCUT2D eigenvalue weighted by Gasteiger charge is -2.28. The first kappa shape index (κ1) is 18.6. The molecule has 3 aromatic heterocycles. The Hall–Kier alpha value is -3.45. The predicted octanol–water partition coefficient (Wildman–Crippen LogP) is 3.50. The van der Waals surface area contributed by atoms with Crippen molar-refractivity contribution in [2.45, 2.75) is 13.3 Å². The van der Waals surface area contributed by atoms with Crippen molar-refractivity contribution in [3.8, 4) is 11.5 Å². The normalized spacial score (nSPS) is 14.4. The van der Waals surface area contributed by atoms with E-state index in [9.17, 15) is 0 Å². The molecule has 7 nitrogen and oxygen atoms in total. The highest BCUT2D eigenvalue weighted by molar-refractivity contribution is 5.66. The van der Waals surface area contributed by atoms with E-state index < -0.39 is 0 Å². The largest absolute Gasteiger partial charge is 0.378 e. The number of rotatable bonds is 5. The Balaban J connectivity index is 1.68. The number of nitrogens with zero attached hydrogens (tertiary/aromatic N) is 5. The quantitative estimate of drug-likeness (QED) is 0.555. The molecule has 1 aliphatic heterocycles. The van der Waals surface area contributed by atoms with Gasteiger partial charge < -0.3 is 14.6 Å². The Kier molecular flexibility index (Phi) is 4.80. The van der Waals surface area contributed by atoms with E-state index in [1.54, 1.807) is 6.20 Å². The maximum absolute atomic E-state index is 5.53. The third-order valence-corrected chi connectivity index (χ3v) is 5.59. The van der Waals surface area contributed by atoms with Gasteiger partial charge in [-0.2, -0.15) is 5.10 Å². The van der Waals surface area contributed by atoms with Crippen LogP contribution in [0.4, 0.5) is 5.82 Å². The molecule has 1 aliphatic rings. The fourth-order valence-electron chi connectivity index (χ4n) is 3.97. The summed E-state index contributed by atoms with van der Waals surface area (Å²) in [5, 5.41) is 4.83. The van der Waals surface area contributed by atoms with E-state index in [4.69, 9.17) is 14.8 Å². The zero-order valence-corrected chi connectivity index (χ0v) is 17.0. The molecule has 1 N–H and O–H groups in total. The molecule has 4 heterocycles. The van der Waals surface area contributed by atoms with Crippen LogP contribution in [0.25, 0.3) is 23.2 Å². The van der Waals surface area contributed by atoms with Crippen LogP contribution >= 0.6 is 0 Å². The second kappa shape index (κ2) is 7.76. The SMILES string of the molecule is C=Cc1ccccc1Cc1c(C)nn2c(-c3ncc[nH]3)cc(N3CCOCC3)nc12. The summed E-state index contributed by atoms with van der Waals surface area (Å²) in [6.45, 7) is 9.07. The smallest absolute Gasteiger partial charge is 0.161 e. The molecule has 4 aromatic rings. The van der Waals surface area contributed by atoms with Crippen LogP contribution in [0.1, 0.15) is 22.4 Å². The van der Waals surface area contributed by atoms with Crippen molar-refractivity contribution in [1.29, 1.82) is 0 Å². The first-order valence-corrected chi connectivity index (χ1v) is 10.2. The second-order valence-electron chi connectivity index (χ2n) is 7.42. The van der Waals surface area contributed by atoms with E-state index in [0.29, 0.717) is 13.2 Å².